The van der Waals surface area contributed by atoms with Gasteiger partial charge < -0.3 is 10.6 Å². The van der Waals surface area contributed by atoms with Crippen molar-refractivity contribution in [2.75, 3.05) is 19.6 Å². The van der Waals surface area contributed by atoms with Gasteiger partial charge in [0.05, 0.1) is 0 Å². The molecule has 2 N–H and O–H groups in total. The molecule has 3 nitrogen and oxygen atoms in total. The fourth-order valence-corrected chi connectivity index (χ4v) is 1.77. The number of halogens is 3. The van der Waals surface area contributed by atoms with Crippen LogP contribution in [0.5, 0.6) is 0 Å². The highest BCUT2D eigenvalue weighted by Crippen LogP contribution is 2.43. The van der Waals surface area contributed by atoms with Crippen molar-refractivity contribution in [1.29, 1.82) is 0 Å². The Kier molecular flexibility index (Phi) is 4.19. The quantitative estimate of drug-likeness (QED) is 0.747. The molecule has 1 heterocycles. The van der Waals surface area contributed by atoms with E-state index < -0.39 is 17.5 Å². The van der Waals surface area contributed by atoms with Gasteiger partial charge in [-0.2, -0.15) is 13.2 Å². The highest BCUT2D eigenvalue weighted by Gasteiger charge is 2.61. The van der Waals surface area contributed by atoms with Crippen molar-refractivity contribution in [3.05, 3.63) is 11.6 Å². The summed E-state index contributed by atoms with van der Waals surface area (Å²) in [5.41, 5.74) is -1.31. The van der Waals surface area contributed by atoms with E-state index in [4.69, 9.17) is 0 Å². The predicted molar refractivity (Wildman–Crippen MR) is 58.4 cm³/mol. The molecule has 1 unspecified atom stereocenters. The number of hydrogen-bond acceptors (Lipinski definition) is 2. The van der Waals surface area contributed by atoms with Crippen LogP contribution in [0.4, 0.5) is 13.2 Å². The molecule has 0 spiro atoms. The monoisotopic (exact) mass is 250 g/mol. The van der Waals surface area contributed by atoms with Crippen molar-refractivity contribution in [1.82, 2.24) is 10.6 Å². The maximum Gasteiger partial charge on any atom is 0.404 e. The van der Waals surface area contributed by atoms with Crippen molar-refractivity contribution in [2.45, 2.75) is 26.4 Å². The van der Waals surface area contributed by atoms with Crippen LogP contribution in [-0.4, -0.2) is 31.7 Å². The van der Waals surface area contributed by atoms with E-state index >= 15 is 0 Å². The van der Waals surface area contributed by atoms with Crippen molar-refractivity contribution >= 4 is 5.91 Å². The van der Waals surface area contributed by atoms with Gasteiger partial charge in [0.2, 0.25) is 5.91 Å². The maximum absolute atomic E-state index is 12.9. The molecular formula is C11H17F3N2O. The van der Waals surface area contributed by atoms with Crippen molar-refractivity contribution in [3.63, 3.8) is 0 Å². The Morgan fingerprint density at radius 3 is 2.53 bits per heavy atom. The smallest absolute Gasteiger partial charge is 0.352 e. The molecule has 1 aliphatic heterocycles. The number of carbonyl (C=O) groups excluding carboxylic acids is 1. The Morgan fingerprint density at radius 2 is 2.12 bits per heavy atom. The van der Waals surface area contributed by atoms with E-state index in [1.54, 1.807) is 6.08 Å². The number of carbonyl (C=O) groups is 1. The molecule has 0 bridgehead atoms. The molecule has 0 saturated carbocycles. The van der Waals surface area contributed by atoms with Gasteiger partial charge in [-0.05, 0) is 26.8 Å². The fourth-order valence-electron chi connectivity index (χ4n) is 1.77. The van der Waals surface area contributed by atoms with Crippen LogP contribution in [0.1, 0.15) is 20.3 Å². The van der Waals surface area contributed by atoms with Crippen LogP contribution in [0.25, 0.3) is 0 Å². The largest absolute Gasteiger partial charge is 0.404 e. The minimum absolute atomic E-state index is 0.138. The van der Waals surface area contributed by atoms with Gasteiger partial charge in [-0.15, -0.1) is 0 Å². The molecule has 1 amide bonds. The second kappa shape index (κ2) is 5.08. The topological polar surface area (TPSA) is 41.1 Å². The Bertz CT molecular complexity index is 313. The Morgan fingerprint density at radius 1 is 1.47 bits per heavy atom. The third kappa shape index (κ3) is 3.00. The highest BCUT2D eigenvalue weighted by atomic mass is 19.4. The van der Waals surface area contributed by atoms with Crippen molar-refractivity contribution < 1.29 is 18.0 Å². The van der Waals surface area contributed by atoms with Crippen molar-refractivity contribution in [3.8, 4) is 0 Å². The molecule has 17 heavy (non-hydrogen) atoms. The lowest BCUT2D eigenvalue weighted by Gasteiger charge is -2.29. The minimum Gasteiger partial charge on any atom is -0.352 e. The van der Waals surface area contributed by atoms with Gasteiger partial charge in [0.1, 0.15) is 0 Å². The summed E-state index contributed by atoms with van der Waals surface area (Å²) in [4.78, 5) is 11.7. The van der Waals surface area contributed by atoms with Gasteiger partial charge in [-0.3, -0.25) is 4.79 Å². The lowest BCUT2D eigenvalue weighted by molar-refractivity contribution is -0.215. The average Bonchev–Trinajstić information content (AvgIpc) is 2.65. The summed E-state index contributed by atoms with van der Waals surface area (Å²) in [6.07, 6.45) is -3.02. The van der Waals surface area contributed by atoms with Gasteiger partial charge in [0.15, 0.2) is 5.41 Å². The van der Waals surface area contributed by atoms with E-state index in [-0.39, 0.29) is 26.1 Å². The zero-order valence-electron chi connectivity index (χ0n) is 9.95. The Labute approximate surface area is 98.5 Å². The molecular weight excluding hydrogens is 233 g/mol. The molecule has 0 aromatic rings. The first-order valence-electron chi connectivity index (χ1n) is 5.49. The van der Waals surface area contributed by atoms with Crippen LogP contribution < -0.4 is 10.6 Å². The molecule has 1 rings (SSSR count). The van der Waals surface area contributed by atoms with Gasteiger partial charge in [-0.25, -0.2) is 0 Å². The standard InChI is InChI=1S/C11H17F3N2O/c1-8(2)3-5-16-9(17)10(11(12,13)14)4-6-15-7-10/h3,15H,4-7H2,1-2H3,(H,16,17). The molecule has 0 radical (unpaired) electrons. The molecule has 0 aromatic heterocycles. The number of rotatable bonds is 3. The molecule has 1 fully saturated rings. The number of allylic oxidation sites excluding steroid dienone is 1. The molecule has 0 aromatic carbocycles. The first kappa shape index (κ1) is 14.0. The van der Waals surface area contributed by atoms with Crippen LogP contribution in [0.3, 0.4) is 0 Å². The van der Waals surface area contributed by atoms with Gasteiger partial charge in [0.25, 0.3) is 0 Å². The summed E-state index contributed by atoms with van der Waals surface area (Å²) in [6, 6.07) is 0. The van der Waals surface area contributed by atoms with E-state index in [1.165, 1.54) is 0 Å². The molecule has 6 heteroatoms. The third-order valence-electron chi connectivity index (χ3n) is 2.91. The van der Waals surface area contributed by atoms with Crippen LogP contribution in [0, 0.1) is 5.41 Å². The van der Waals surface area contributed by atoms with Crippen LogP contribution in [-0.2, 0) is 4.79 Å². The minimum atomic E-state index is -4.51. The summed E-state index contributed by atoms with van der Waals surface area (Å²) < 4.78 is 38.8. The summed E-state index contributed by atoms with van der Waals surface area (Å²) in [5, 5.41) is 4.93. The predicted octanol–water partition coefficient (Wildman–Crippen LogP) is 1.61. The fraction of sp³-hybridized carbons (Fsp3) is 0.727. The van der Waals surface area contributed by atoms with Crippen LogP contribution in [0.2, 0.25) is 0 Å². The second-order valence-corrected chi connectivity index (χ2v) is 4.50. The summed E-state index contributed by atoms with van der Waals surface area (Å²) in [5.74, 6) is -0.938. The average molecular weight is 250 g/mol. The molecule has 1 atom stereocenters. The first-order chi connectivity index (χ1) is 7.79. The van der Waals surface area contributed by atoms with Gasteiger partial charge in [0, 0.05) is 13.1 Å². The Balaban J connectivity index is 2.72. The van der Waals surface area contributed by atoms with E-state index in [0.717, 1.165) is 5.57 Å². The second-order valence-electron chi connectivity index (χ2n) is 4.50. The van der Waals surface area contributed by atoms with E-state index in [1.807, 2.05) is 13.8 Å². The first-order valence-corrected chi connectivity index (χ1v) is 5.49. The molecule has 0 aliphatic carbocycles. The lowest BCUT2D eigenvalue weighted by Crippen LogP contribution is -2.52. The SMILES string of the molecule is CC(C)=CCNC(=O)C1(C(F)(F)F)CCNC1. The number of nitrogens with one attached hydrogen (secondary N) is 2. The number of amides is 1. The highest BCUT2D eigenvalue weighted by molar-refractivity contribution is 5.84. The normalized spacial score (nSPS) is 24.5. The summed E-state index contributed by atoms with van der Waals surface area (Å²) in [6.45, 7) is 3.66. The Hall–Kier alpha value is -1.04. The molecule has 1 saturated heterocycles. The lowest BCUT2D eigenvalue weighted by atomic mass is 9.85. The van der Waals surface area contributed by atoms with Gasteiger partial charge >= 0.3 is 6.18 Å². The van der Waals surface area contributed by atoms with E-state index in [0.29, 0.717) is 0 Å². The van der Waals surface area contributed by atoms with Crippen LogP contribution in [0.15, 0.2) is 11.6 Å². The maximum atomic E-state index is 12.9. The van der Waals surface area contributed by atoms with Crippen molar-refractivity contribution in [2.24, 2.45) is 5.41 Å². The third-order valence-corrected chi connectivity index (χ3v) is 2.91. The van der Waals surface area contributed by atoms with E-state index in [2.05, 4.69) is 10.6 Å². The number of hydrogen-bond donors (Lipinski definition) is 2. The summed E-state index contributed by atoms with van der Waals surface area (Å²) in [7, 11) is 0. The zero-order chi connectivity index (χ0) is 13.1. The summed E-state index contributed by atoms with van der Waals surface area (Å²) >= 11 is 0. The van der Waals surface area contributed by atoms with Crippen LogP contribution >= 0.6 is 0 Å². The number of alkyl halides is 3. The molecule has 1 aliphatic rings. The van der Waals surface area contributed by atoms with E-state index in [9.17, 15) is 18.0 Å². The van der Waals surface area contributed by atoms with Gasteiger partial charge in [-0.1, -0.05) is 11.6 Å². The zero-order valence-corrected chi connectivity index (χ0v) is 9.95. The molecule has 98 valence electrons.